The van der Waals surface area contributed by atoms with Crippen LogP contribution in [0.25, 0.3) is 43.1 Å². The molecule has 0 bridgehead atoms. The first-order valence-corrected chi connectivity index (χ1v) is 32.7. The largest absolute Gasteiger partial charge is 0.495 e. The normalized spacial score (nSPS) is 15.4. The molecule has 89 heavy (non-hydrogen) atoms. The van der Waals surface area contributed by atoms with Crippen LogP contribution in [0.3, 0.4) is 0 Å². The highest BCUT2D eigenvalue weighted by atomic mass is 16.7. The molecule has 0 saturated carbocycles. The molecular weight excluding hydrogens is 1090 g/mol. The summed E-state index contributed by atoms with van der Waals surface area (Å²) in [6.07, 6.45) is 4.16. The number of ether oxygens (including phenoxy) is 4. The molecule has 0 radical (unpaired) electrons. The third-order valence-electron chi connectivity index (χ3n) is 18.7. The molecule has 0 aliphatic carbocycles. The summed E-state index contributed by atoms with van der Waals surface area (Å²) in [5.74, 6) is 5.63. The fourth-order valence-electron chi connectivity index (χ4n) is 15.5. The van der Waals surface area contributed by atoms with Gasteiger partial charge < -0.3 is 28.3 Å². The zero-order valence-corrected chi connectivity index (χ0v) is 58.6. The van der Waals surface area contributed by atoms with Crippen LogP contribution in [0.1, 0.15) is 214 Å². The van der Waals surface area contributed by atoms with Crippen LogP contribution in [0, 0.1) is 21.7 Å². The summed E-state index contributed by atoms with van der Waals surface area (Å²) in [5, 5.41) is 7.70. The quantitative estimate of drug-likeness (QED) is 0.0514. The molecular formula is C82H103BO6. The lowest BCUT2D eigenvalue weighted by molar-refractivity contribution is 0.00578. The van der Waals surface area contributed by atoms with E-state index in [1.807, 2.05) is 0 Å². The predicted molar refractivity (Wildman–Crippen MR) is 378 cm³/mol. The van der Waals surface area contributed by atoms with Crippen molar-refractivity contribution in [3.8, 4) is 46.0 Å². The molecule has 10 rings (SSSR count). The summed E-state index contributed by atoms with van der Waals surface area (Å²) >= 11 is 0. The van der Waals surface area contributed by atoms with Gasteiger partial charge in [0.25, 0.3) is 0 Å². The lowest BCUT2D eigenvalue weighted by Crippen LogP contribution is -2.41. The Kier molecular flexibility index (Phi) is 16.7. The fourth-order valence-corrected chi connectivity index (χ4v) is 15.5. The molecule has 0 N–H and O–H groups in total. The maximum absolute atomic E-state index is 7.34. The Hall–Kier alpha value is -6.54. The van der Waals surface area contributed by atoms with E-state index in [9.17, 15) is 0 Å². The van der Waals surface area contributed by atoms with Crippen LogP contribution in [-0.2, 0) is 31.0 Å². The van der Waals surface area contributed by atoms with Gasteiger partial charge in [0.1, 0.15) is 46.0 Å². The van der Waals surface area contributed by atoms with Gasteiger partial charge in [0.15, 0.2) is 0 Å². The lowest BCUT2D eigenvalue weighted by atomic mass is 9.72. The molecule has 0 atom stereocenters. The van der Waals surface area contributed by atoms with E-state index in [2.05, 4.69) is 306 Å². The SMILES string of the molecule is CC(C)(C)CC(C)(C)c1ccc(Oc2ccc3c4ccc(Oc5ccc(C(C)(C)CC(C)(C)C)cc5)c5c(Oc6ccc(C(C)(C)CC(C)(C)C)cc6)cc(B6OC(C)(C)C(C)(C)O6)c(c6ccc(Oc7ccc(C(C)(C)CC(C)(C)C)cc7)c2c36)c54)cc1. The van der Waals surface area contributed by atoms with Gasteiger partial charge in [0, 0.05) is 10.8 Å². The summed E-state index contributed by atoms with van der Waals surface area (Å²) in [4.78, 5) is 0. The fraction of sp³-hybridized carbons (Fsp3) is 0.463. The first-order valence-electron chi connectivity index (χ1n) is 32.7. The second kappa shape index (κ2) is 22.7. The van der Waals surface area contributed by atoms with Crippen LogP contribution in [-0.4, -0.2) is 18.3 Å². The van der Waals surface area contributed by atoms with E-state index in [0.717, 1.165) is 97.2 Å². The molecule has 1 fully saturated rings. The Balaban J connectivity index is 1.23. The Bertz CT molecular complexity index is 3920. The monoisotopic (exact) mass is 1190 g/mol. The van der Waals surface area contributed by atoms with E-state index < -0.39 is 18.3 Å². The molecule has 9 aromatic rings. The molecule has 0 spiro atoms. The molecule has 0 aromatic heterocycles. The number of hydrogen-bond donors (Lipinski definition) is 0. The summed E-state index contributed by atoms with van der Waals surface area (Å²) in [7, 11) is -0.766. The van der Waals surface area contributed by atoms with Gasteiger partial charge in [-0.25, -0.2) is 0 Å². The van der Waals surface area contributed by atoms with Crippen molar-refractivity contribution in [2.45, 2.75) is 225 Å². The Morgan fingerprint density at radius 3 is 0.843 bits per heavy atom. The van der Waals surface area contributed by atoms with Gasteiger partial charge in [-0.05, 0) is 237 Å². The van der Waals surface area contributed by atoms with Crippen molar-refractivity contribution in [3.05, 3.63) is 162 Å². The summed E-state index contributed by atoms with van der Waals surface area (Å²) < 4.78 is 43.2. The number of hydrogen-bond acceptors (Lipinski definition) is 6. The van der Waals surface area contributed by atoms with Crippen molar-refractivity contribution < 1.29 is 28.3 Å². The predicted octanol–water partition coefficient (Wildman–Crippen LogP) is 24.1. The molecule has 6 nitrogen and oxygen atoms in total. The van der Waals surface area contributed by atoms with Crippen LogP contribution >= 0.6 is 0 Å². The van der Waals surface area contributed by atoms with Crippen molar-refractivity contribution in [2.75, 3.05) is 0 Å². The van der Waals surface area contributed by atoms with Crippen molar-refractivity contribution in [1.29, 1.82) is 0 Å². The van der Waals surface area contributed by atoms with Gasteiger partial charge >= 0.3 is 7.12 Å². The Morgan fingerprint density at radius 1 is 0.292 bits per heavy atom. The van der Waals surface area contributed by atoms with Crippen molar-refractivity contribution in [3.63, 3.8) is 0 Å². The number of rotatable bonds is 17. The smallest absolute Gasteiger partial charge is 0.457 e. The minimum Gasteiger partial charge on any atom is -0.457 e. The van der Waals surface area contributed by atoms with E-state index in [-0.39, 0.29) is 43.3 Å². The van der Waals surface area contributed by atoms with Crippen LogP contribution in [0.2, 0.25) is 0 Å². The Labute approximate surface area is 535 Å². The average Bonchev–Trinajstić information content (AvgIpc) is 1.39. The van der Waals surface area contributed by atoms with Gasteiger partial charge in [-0.3, -0.25) is 0 Å². The van der Waals surface area contributed by atoms with Gasteiger partial charge in [0.2, 0.25) is 0 Å². The van der Waals surface area contributed by atoms with Crippen LogP contribution in [0.4, 0.5) is 0 Å². The molecule has 7 heteroatoms. The standard InChI is InChI=1S/C82H103BO6/c1-73(2,3)48-77(13,14)52-25-33-56(34-26-52)84-64-44-41-60-61-42-45-66(86-58-37-29-54(30-38-58)79(17,18)50-75(7,8)9)72-67(87-59-39-31-55(32-40-59)80(19,20)51-76(10,11)12)47-63(83-88-81(21,22)82(23,24)89-83)69(70(61)72)62-43-46-65(71(64)68(60)62)85-57-35-27-53(28-36-57)78(15,16)49-74(4,5)6/h25-47H,48-51H2,1-24H3. The highest BCUT2D eigenvalue weighted by Crippen LogP contribution is 2.53. The van der Waals surface area contributed by atoms with E-state index >= 15 is 0 Å². The van der Waals surface area contributed by atoms with Crippen LogP contribution in [0.15, 0.2) is 140 Å². The van der Waals surface area contributed by atoms with Gasteiger partial charge in [-0.1, -0.05) is 187 Å². The summed E-state index contributed by atoms with van der Waals surface area (Å²) in [6, 6.07) is 49.9. The molecule has 1 aliphatic heterocycles. The molecule has 1 aliphatic rings. The zero-order valence-electron chi connectivity index (χ0n) is 58.6. The van der Waals surface area contributed by atoms with Crippen molar-refractivity contribution in [2.24, 2.45) is 21.7 Å². The highest BCUT2D eigenvalue weighted by Gasteiger charge is 2.53. The average molecular weight is 1200 g/mol. The zero-order chi connectivity index (χ0) is 65.0. The van der Waals surface area contributed by atoms with Gasteiger partial charge in [-0.2, -0.15) is 0 Å². The number of benzene rings is 9. The van der Waals surface area contributed by atoms with Crippen molar-refractivity contribution >= 4 is 55.7 Å². The first kappa shape index (κ1) is 65.4. The van der Waals surface area contributed by atoms with E-state index in [0.29, 0.717) is 23.0 Å². The lowest BCUT2D eigenvalue weighted by Gasteiger charge is -2.33. The maximum Gasteiger partial charge on any atom is 0.495 e. The molecule has 9 aromatic carbocycles. The van der Waals surface area contributed by atoms with Gasteiger partial charge in [-0.15, -0.1) is 0 Å². The van der Waals surface area contributed by atoms with E-state index in [1.165, 1.54) is 22.3 Å². The van der Waals surface area contributed by atoms with E-state index in [1.54, 1.807) is 0 Å². The second-order valence-corrected chi connectivity index (χ2v) is 34.8. The minimum absolute atomic E-state index is 0.0316. The first-order chi connectivity index (χ1) is 41.0. The minimum atomic E-state index is -0.766. The summed E-state index contributed by atoms with van der Waals surface area (Å²) in [5.41, 5.74) is 5.15. The number of fused-ring (bicyclic) bond motifs is 2. The molecule has 0 unspecified atom stereocenters. The van der Waals surface area contributed by atoms with Crippen LogP contribution in [0.5, 0.6) is 46.0 Å². The highest BCUT2D eigenvalue weighted by molar-refractivity contribution is 6.67. The molecule has 0 amide bonds. The third kappa shape index (κ3) is 14.0. The van der Waals surface area contributed by atoms with Gasteiger partial charge in [0.05, 0.1) is 22.0 Å². The topological polar surface area (TPSA) is 55.4 Å². The Morgan fingerprint density at radius 2 is 0.551 bits per heavy atom. The van der Waals surface area contributed by atoms with Crippen LogP contribution < -0.4 is 24.4 Å². The van der Waals surface area contributed by atoms with E-state index in [4.69, 9.17) is 28.3 Å². The molecule has 1 saturated heterocycles. The molecule has 1 heterocycles. The van der Waals surface area contributed by atoms with Crippen molar-refractivity contribution in [1.82, 2.24) is 0 Å². The third-order valence-corrected chi connectivity index (χ3v) is 18.7. The molecule has 470 valence electrons. The maximum atomic E-state index is 7.34. The second-order valence-electron chi connectivity index (χ2n) is 34.8. The summed E-state index contributed by atoms with van der Waals surface area (Å²) in [6.45, 7) is 54.9.